The van der Waals surface area contributed by atoms with Crippen molar-refractivity contribution in [2.75, 3.05) is 0 Å². The summed E-state index contributed by atoms with van der Waals surface area (Å²) in [5, 5.41) is 4.26. The third-order valence-corrected chi connectivity index (χ3v) is 3.27. The number of amides is 4. The summed E-state index contributed by atoms with van der Waals surface area (Å²) in [6.07, 6.45) is 0.175. The SMILES string of the molecule is C=C(C)C1(Cc2ccccc2)C(=O)NC(=O)NC1=O.[Na+]. The van der Waals surface area contributed by atoms with E-state index in [1.54, 1.807) is 6.92 Å². The maximum Gasteiger partial charge on any atom is 1.00 e. The quantitative estimate of drug-likeness (QED) is 0.388. The number of urea groups is 1. The van der Waals surface area contributed by atoms with Crippen molar-refractivity contribution in [3.05, 3.63) is 48.0 Å². The topological polar surface area (TPSA) is 75.3 Å². The van der Waals surface area contributed by atoms with Gasteiger partial charge < -0.3 is 0 Å². The van der Waals surface area contributed by atoms with Crippen molar-refractivity contribution in [2.24, 2.45) is 5.41 Å². The monoisotopic (exact) mass is 281 g/mol. The molecule has 2 rings (SSSR count). The molecule has 20 heavy (non-hydrogen) atoms. The maximum atomic E-state index is 12.1. The average molecular weight is 281 g/mol. The number of hydrogen-bond acceptors (Lipinski definition) is 3. The molecule has 4 amide bonds. The first-order chi connectivity index (χ1) is 8.96. The van der Waals surface area contributed by atoms with Gasteiger partial charge in [0.15, 0.2) is 5.41 Å². The molecule has 0 spiro atoms. The molecule has 1 aromatic carbocycles. The zero-order valence-corrected chi connectivity index (χ0v) is 13.5. The number of nitrogens with one attached hydrogen (secondary N) is 2. The second-order valence-electron chi connectivity index (χ2n) is 4.59. The summed E-state index contributed by atoms with van der Waals surface area (Å²) in [6, 6.07) is 8.35. The van der Waals surface area contributed by atoms with Crippen molar-refractivity contribution in [3.8, 4) is 0 Å². The minimum Gasteiger partial charge on any atom is -0.277 e. The van der Waals surface area contributed by atoms with Gasteiger partial charge in [-0.15, -0.1) is 0 Å². The van der Waals surface area contributed by atoms with Gasteiger partial charge in [0.25, 0.3) is 0 Å². The van der Waals surface area contributed by atoms with Crippen LogP contribution in [0.2, 0.25) is 0 Å². The maximum absolute atomic E-state index is 12.1. The predicted octanol–water partition coefficient (Wildman–Crippen LogP) is -1.84. The summed E-state index contributed by atoms with van der Waals surface area (Å²) in [7, 11) is 0. The third kappa shape index (κ3) is 2.85. The Bertz CT molecular complexity index is 549. The smallest absolute Gasteiger partial charge is 0.277 e. The zero-order chi connectivity index (χ0) is 14.0. The Kier molecular flexibility index (Phi) is 5.28. The summed E-state index contributed by atoms with van der Waals surface area (Å²) in [5.74, 6) is -1.25. The molecule has 1 aliphatic rings. The number of carbonyl (C=O) groups excluding carboxylic acids is 3. The Hall–Kier alpha value is -1.43. The van der Waals surface area contributed by atoms with Crippen molar-refractivity contribution < 1.29 is 43.9 Å². The van der Waals surface area contributed by atoms with Crippen molar-refractivity contribution in [1.29, 1.82) is 0 Å². The van der Waals surface area contributed by atoms with Gasteiger partial charge in [0.2, 0.25) is 11.8 Å². The van der Waals surface area contributed by atoms with Crippen LogP contribution in [0, 0.1) is 5.41 Å². The number of imide groups is 2. The minimum absolute atomic E-state index is 0. The summed E-state index contributed by atoms with van der Waals surface area (Å²) < 4.78 is 0. The molecule has 0 aromatic heterocycles. The van der Waals surface area contributed by atoms with Crippen LogP contribution in [0.5, 0.6) is 0 Å². The van der Waals surface area contributed by atoms with E-state index >= 15 is 0 Å². The summed E-state index contributed by atoms with van der Waals surface area (Å²) >= 11 is 0. The molecule has 0 saturated carbocycles. The Morgan fingerprint density at radius 1 is 1.10 bits per heavy atom. The normalized spacial score (nSPS) is 16.8. The van der Waals surface area contributed by atoms with Crippen LogP contribution in [0.1, 0.15) is 12.5 Å². The van der Waals surface area contributed by atoms with Gasteiger partial charge in [-0.1, -0.05) is 42.5 Å². The standard InChI is InChI=1S/C14H14N2O3.Na/c1-9(2)14(8-10-6-4-3-5-7-10)11(17)15-13(19)16-12(14)18;/h3-7H,1,8H2,2H3,(H2,15,16,17,18,19);/q;+1. The second-order valence-corrected chi connectivity index (χ2v) is 4.59. The largest absolute Gasteiger partial charge is 1.00 e. The first kappa shape index (κ1) is 16.6. The number of barbiturate groups is 1. The molecular formula is C14H14N2NaO3+. The van der Waals surface area contributed by atoms with Crippen LogP contribution in [0.3, 0.4) is 0 Å². The first-order valence-corrected chi connectivity index (χ1v) is 5.83. The van der Waals surface area contributed by atoms with Crippen LogP contribution in [-0.4, -0.2) is 17.8 Å². The fourth-order valence-corrected chi connectivity index (χ4v) is 2.16. The summed E-state index contributed by atoms with van der Waals surface area (Å²) in [5.41, 5.74) is -0.209. The molecule has 1 heterocycles. The van der Waals surface area contributed by atoms with Gasteiger partial charge in [-0.05, 0) is 18.9 Å². The van der Waals surface area contributed by atoms with Crippen LogP contribution in [-0.2, 0) is 16.0 Å². The van der Waals surface area contributed by atoms with Crippen LogP contribution < -0.4 is 40.2 Å². The van der Waals surface area contributed by atoms with Crippen molar-refractivity contribution in [1.82, 2.24) is 10.6 Å². The molecule has 98 valence electrons. The molecule has 5 nitrogen and oxygen atoms in total. The number of carbonyl (C=O) groups is 3. The number of hydrogen-bond donors (Lipinski definition) is 2. The molecule has 6 heteroatoms. The van der Waals surface area contributed by atoms with Crippen LogP contribution >= 0.6 is 0 Å². The molecule has 1 aromatic rings. The van der Waals surface area contributed by atoms with Crippen LogP contribution in [0.4, 0.5) is 4.79 Å². The van der Waals surface area contributed by atoms with Gasteiger partial charge in [0.05, 0.1) is 0 Å². The van der Waals surface area contributed by atoms with Gasteiger partial charge in [-0.25, -0.2) is 4.79 Å². The Labute approximate surface area is 139 Å². The van der Waals surface area contributed by atoms with Gasteiger partial charge >= 0.3 is 35.6 Å². The van der Waals surface area contributed by atoms with E-state index in [9.17, 15) is 14.4 Å². The third-order valence-electron chi connectivity index (χ3n) is 3.27. The predicted molar refractivity (Wildman–Crippen MR) is 69.1 cm³/mol. The average Bonchev–Trinajstić information content (AvgIpc) is 2.34. The Morgan fingerprint density at radius 2 is 1.60 bits per heavy atom. The molecule has 0 bridgehead atoms. The molecule has 0 atom stereocenters. The fourth-order valence-electron chi connectivity index (χ4n) is 2.16. The minimum atomic E-state index is -1.44. The molecule has 0 aliphatic carbocycles. The van der Waals surface area contributed by atoms with E-state index in [1.807, 2.05) is 30.3 Å². The molecule has 1 fully saturated rings. The Morgan fingerprint density at radius 3 is 2.05 bits per heavy atom. The fraction of sp³-hybridized carbons (Fsp3) is 0.214. The van der Waals surface area contributed by atoms with Crippen LogP contribution in [0.15, 0.2) is 42.5 Å². The molecular weight excluding hydrogens is 267 g/mol. The summed E-state index contributed by atoms with van der Waals surface area (Å²) in [6.45, 7) is 5.35. The van der Waals surface area contributed by atoms with E-state index in [0.29, 0.717) is 5.57 Å². The van der Waals surface area contributed by atoms with E-state index in [4.69, 9.17) is 0 Å². The zero-order valence-electron chi connectivity index (χ0n) is 11.5. The van der Waals surface area contributed by atoms with E-state index < -0.39 is 23.3 Å². The van der Waals surface area contributed by atoms with E-state index in [1.165, 1.54) is 0 Å². The van der Waals surface area contributed by atoms with Gasteiger partial charge in [-0.3, -0.25) is 20.2 Å². The first-order valence-electron chi connectivity index (χ1n) is 5.83. The summed E-state index contributed by atoms with van der Waals surface area (Å²) in [4.78, 5) is 35.4. The van der Waals surface area contributed by atoms with Crippen molar-refractivity contribution in [3.63, 3.8) is 0 Å². The van der Waals surface area contributed by atoms with E-state index in [2.05, 4.69) is 17.2 Å². The molecule has 0 unspecified atom stereocenters. The Balaban J connectivity index is 0.00000200. The van der Waals surface area contributed by atoms with Gasteiger partial charge in [0, 0.05) is 0 Å². The number of rotatable bonds is 3. The molecule has 0 radical (unpaired) electrons. The second kappa shape index (κ2) is 6.35. The van der Waals surface area contributed by atoms with Crippen LogP contribution in [0.25, 0.3) is 0 Å². The van der Waals surface area contributed by atoms with E-state index in [0.717, 1.165) is 5.56 Å². The van der Waals surface area contributed by atoms with Gasteiger partial charge in [0.1, 0.15) is 0 Å². The number of benzene rings is 1. The van der Waals surface area contributed by atoms with E-state index in [-0.39, 0.29) is 36.0 Å². The van der Waals surface area contributed by atoms with Crippen molar-refractivity contribution >= 4 is 17.8 Å². The molecule has 1 aliphatic heterocycles. The molecule has 2 N–H and O–H groups in total. The molecule has 1 saturated heterocycles. The van der Waals surface area contributed by atoms with Crippen molar-refractivity contribution in [2.45, 2.75) is 13.3 Å². The van der Waals surface area contributed by atoms with Gasteiger partial charge in [-0.2, -0.15) is 0 Å².